The van der Waals surface area contributed by atoms with Gasteiger partial charge < -0.3 is 5.32 Å². The maximum Gasteiger partial charge on any atom is 0.254 e. The largest absolute Gasteiger partial charge is 0.345 e. The van der Waals surface area contributed by atoms with Crippen molar-refractivity contribution in [1.82, 2.24) is 5.32 Å². The SMILES string of the molecule is Cc1ccc(F)c(C(=O)NC(C)c2ccccc2F)c1. The van der Waals surface area contributed by atoms with E-state index in [9.17, 15) is 13.6 Å². The van der Waals surface area contributed by atoms with E-state index < -0.39 is 23.6 Å². The van der Waals surface area contributed by atoms with Crippen LogP contribution in [0.4, 0.5) is 8.78 Å². The van der Waals surface area contributed by atoms with Crippen molar-refractivity contribution in [2.45, 2.75) is 19.9 Å². The summed E-state index contributed by atoms with van der Waals surface area (Å²) in [5.41, 5.74) is 1.12. The number of halogens is 2. The smallest absolute Gasteiger partial charge is 0.254 e. The fourth-order valence-electron chi connectivity index (χ4n) is 1.99. The lowest BCUT2D eigenvalue weighted by Crippen LogP contribution is -2.28. The van der Waals surface area contributed by atoms with E-state index in [-0.39, 0.29) is 5.56 Å². The van der Waals surface area contributed by atoms with Crippen molar-refractivity contribution < 1.29 is 13.6 Å². The fraction of sp³-hybridized carbons (Fsp3) is 0.188. The molecular weight excluding hydrogens is 260 g/mol. The molecule has 4 heteroatoms. The topological polar surface area (TPSA) is 29.1 Å². The number of carbonyl (C=O) groups is 1. The van der Waals surface area contributed by atoms with Crippen LogP contribution in [0.3, 0.4) is 0 Å². The molecule has 0 saturated heterocycles. The average Bonchev–Trinajstić information content (AvgIpc) is 2.41. The minimum atomic E-state index is -0.589. The lowest BCUT2D eigenvalue weighted by Gasteiger charge is -2.15. The summed E-state index contributed by atoms with van der Waals surface area (Å²) >= 11 is 0. The van der Waals surface area contributed by atoms with Crippen molar-refractivity contribution in [3.63, 3.8) is 0 Å². The molecule has 2 nitrogen and oxygen atoms in total. The highest BCUT2D eigenvalue weighted by Crippen LogP contribution is 2.17. The quantitative estimate of drug-likeness (QED) is 0.907. The molecule has 0 spiro atoms. The highest BCUT2D eigenvalue weighted by atomic mass is 19.1. The first-order chi connectivity index (χ1) is 9.49. The predicted molar refractivity (Wildman–Crippen MR) is 73.4 cm³/mol. The van der Waals surface area contributed by atoms with Gasteiger partial charge in [-0.3, -0.25) is 4.79 Å². The van der Waals surface area contributed by atoms with E-state index in [0.717, 1.165) is 5.56 Å². The summed E-state index contributed by atoms with van der Waals surface area (Å²) in [6.45, 7) is 3.43. The number of carbonyl (C=O) groups excluding carboxylic acids is 1. The third-order valence-corrected chi connectivity index (χ3v) is 3.09. The van der Waals surface area contributed by atoms with E-state index in [2.05, 4.69) is 5.32 Å². The molecule has 104 valence electrons. The number of rotatable bonds is 3. The summed E-state index contributed by atoms with van der Waals surface area (Å²) in [7, 11) is 0. The molecule has 2 rings (SSSR count). The summed E-state index contributed by atoms with van der Waals surface area (Å²) in [5.74, 6) is -1.54. The number of amides is 1. The molecule has 0 aliphatic heterocycles. The molecule has 1 N–H and O–H groups in total. The van der Waals surface area contributed by atoms with Crippen LogP contribution in [-0.4, -0.2) is 5.91 Å². The van der Waals surface area contributed by atoms with Gasteiger partial charge in [-0.15, -0.1) is 0 Å². The van der Waals surface area contributed by atoms with E-state index in [1.807, 2.05) is 0 Å². The number of hydrogen-bond donors (Lipinski definition) is 1. The van der Waals surface area contributed by atoms with Gasteiger partial charge >= 0.3 is 0 Å². The molecule has 20 heavy (non-hydrogen) atoms. The van der Waals surface area contributed by atoms with Crippen molar-refractivity contribution in [2.24, 2.45) is 0 Å². The Bertz CT molecular complexity index is 640. The number of hydrogen-bond acceptors (Lipinski definition) is 1. The van der Waals surface area contributed by atoms with Crippen molar-refractivity contribution >= 4 is 5.91 Å². The van der Waals surface area contributed by atoms with Gasteiger partial charge in [0.05, 0.1) is 11.6 Å². The van der Waals surface area contributed by atoms with Gasteiger partial charge in [-0.05, 0) is 32.0 Å². The molecule has 0 aromatic heterocycles. The Morgan fingerprint density at radius 2 is 1.80 bits per heavy atom. The van der Waals surface area contributed by atoms with Gasteiger partial charge in [0, 0.05) is 5.56 Å². The van der Waals surface area contributed by atoms with E-state index in [1.54, 1.807) is 38.1 Å². The summed E-state index contributed by atoms with van der Waals surface area (Å²) in [4.78, 5) is 12.0. The van der Waals surface area contributed by atoms with Crippen LogP contribution in [0.2, 0.25) is 0 Å². The molecule has 0 heterocycles. The maximum absolute atomic E-state index is 13.6. The Hall–Kier alpha value is -2.23. The zero-order chi connectivity index (χ0) is 14.7. The zero-order valence-electron chi connectivity index (χ0n) is 11.3. The van der Waals surface area contributed by atoms with Gasteiger partial charge in [0.25, 0.3) is 5.91 Å². The number of benzene rings is 2. The van der Waals surface area contributed by atoms with Crippen LogP contribution in [0.25, 0.3) is 0 Å². The van der Waals surface area contributed by atoms with Gasteiger partial charge in [-0.25, -0.2) is 8.78 Å². The first-order valence-electron chi connectivity index (χ1n) is 6.30. The number of aryl methyl sites for hydroxylation is 1. The summed E-state index contributed by atoms with van der Waals surface area (Å²) in [6, 6.07) is 9.95. The number of nitrogens with one attached hydrogen (secondary N) is 1. The molecule has 0 radical (unpaired) electrons. The predicted octanol–water partition coefficient (Wildman–Crippen LogP) is 3.76. The molecule has 0 aliphatic rings. The fourth-order valence-corrected chi connectivity index (χ4v) is 1.99. The summed E-state index contributed by atoms with van der Waals surface area (Å²) in [5, 5.41) is 2.60. The molecule has 1 amide bonds. The molecular formula is C16H15F2NO. The monoisotopic (exact) mass is 275 g/mol. The highest BCUT2D eigenvalue weighted by molar-refractivity contribution is 5.94. The normalized spacial score (nSPS) is 12.0. The Balaban J connectivity index is 2.20. The van der Waals surface area contributed by atoms with Crippen molar-refractivity contribution in [2.75, 3.05) is 0 Å². The van der Waals surface area contributed by atoms with Gasteiger partial charge in [-0.1, -0.05) is 29.8 Å². The molecule has 1 atom stereocenters. The Morgan fingerprint density at radius 3 is 2.50 bits per heavy atom. The molecule has 2 aromatic rings. The van der Waals surface area contributed by atoms with Crippen molar-refractivity contribution in [3.8, 4) is 0 Å². The summed E-state index contributed by atoms with van der Waals surface area (Å²) < 4.78 is 27.2. The van der Waals surface area contributed by atoms with E-state index in [1.165, 1.54) is 18.2 Å². The molecule has 0 saturated carbocycles. The second-order valence-electron chi connectivity index (χ2n) is 4.70. The van der Waals surface area contributed by atoms with Gasteiger partial charge in [0.2, 0.25) is 0 Å². The highest BCUT2D eigenvalue weighted by Gasteiger charge is 2.17. The average molecular weight is 275 g/mol. The minimum absolute atomic E-state index is 0.0341. The van der Waals surface area contributed by atoms with E-state index >= 15 is 0 Å². The van der Waals surface area contributed by atoms with Gasteiger partial charge in [0.15, 0.2) is 0 Å². The first kappa shape index (κ1) is 14.2. The van der Waals surface area contributed by atoms with Crippen LogP contribution < -0.4 is 5.32 Å². The molecule has 1 unspecified atom stereocenters. The lowest BCUT2D eigenvalue weighted by atomic mass is 10.1. The van der Waals surface area contributed by atoms with Crippen LogP contribution in [0.1, 0.15) is 34.5 Å². The van der Waals surface area contributed by atoms with Crippen LogP contribution >= 0.6 is 0 Å². The lowest BCUT2D eigenvalue weighted by molar-refractivity contribution is 0.0935. The van der Waals surface area contributed by atoms with Crippen molar-refractivity contribution in [3.05, 3.63) is 70.8 Å². The molecule has 2 aromatic carbocycles. The standard InChI is InChI=1S/C16H15F2NO/c1-10-7-8-15(18)13(9-10)16(20)19-11(2)12-5-3-4-6-14(12)17/h3-9,11H,1-2H3,(H,19,20). The van der Waals surface area contributed by atoms with E-state index in [0.29, 0.717) is 5.56 Å². The molecule has 0 bridgehead atoms. The van der Waals surface area contributed by atoms with Gasteiger partial charge in [0.1, 0.15) is 11.6 Å². The molecule has 0 aliphatic carbocycles. The minimum Gasteiger partial charge on any atom is -0.345 e. The van der Waals surface area contributed by atoms with E-state index in [4.69, 9.17) is 0 Å². The zero-order valence-corrected chi connectivity index (χ0v) is 11.3. The Morgan fingerprint density at radius 1 is 1.10 bits per heavy atom. The van der Waals surface area contributed by atoms with Crippen LogP contribution in [-0.2, 0) is 0 Å². The van der Waals surface area contributed by atoms with Crippen molar-refractivity contribution in [1.29, 1.82) is 0 Å². The van der Waals surface area contributed by atoms with Gasteiger partial charge in [-0.2, -0.15) is 0 Å². The maximum atomic E-state index is 13.6. The third-order valence-electron chi connectivity index (χ3n) is 3.09. The Labute approximate surface area is 116 Å². The second kappa shape index (κ2) is 5.82. The van der Waals surface area contributed by atoms with Crippen LogP contribution in [0, 0.1) is 18.6 Å². The summed E-state index contributed by atoms with van der Waals surface area (Å²) in [6.07, 6.45) is 0. The second-order valence-corrected chi connectivity index (χ2v) is 4.70. The van der Waals surface area contributed by atoms with Crippen LogP contribution in [0.5, 0.6) is 0 Å². The first-order valence-corrected chi connectivity index (χ1v) is 6.30. The molecule has 0 fully saturated rings. The van der Waals surface area contributed by atoms with Crippen LogP contribution in [0.15, 0.2) is 42.5 Å². The third kappa shape index (κ3) is 3.02. The Kier molecular flexibility index (Phi) is 4.13.